The molecule has 0 spiro atoms. The highest BCUT2D eigenvalue weighted by Gasteiger charge is 2.21. The molecule has 1 aliphatic rings. The molecule has 1 amide bonds. The van der Waals surface area contributed by atoms with Gasteiger partial charge in [-0.25, -0.2) is 0 Å². The van der Waals surface area contributed by atoms with Crippen molar-refractivity contribution in [2.45, 2.75) is 32.6 Å². The van der Waals surface area contributed by atoms with Gasteiger partial charge in [-0.2, -0.15) is 0 Å². The van der Waals surface area contributed by atoms with Crippen molar-refractivity contribution in [3.8, 4) is 0 Å². The maximum absolute atomic E-state index is 11.5. The Morgan fingerprint density at radius 1 is 1.62 bits per heavy atom. The third-order valence-corrected chi connectivity index (χ3v) is 2.81. The lowest BCUT2D eigenvalue weighted by Gasteiger charge is -2.32. The van der Waals surface area contributed by atoms with Gasteiger partial charge in [-0.1, -0.05) is 13.3 Å². The standard InChI is InChI=1S/C10H20N2O/c1-2-9-4-3-7-12(8-9)10(13)5-6-11/h9H,2-8,11H2,1H3. The van der Waals surface area contributed by atoms with Gasteiger partial charge in [0, 0.05) is 26.1 Å². The van der Waals surface area contributed by atoms with E-state index in [4.69, 9.17) is 5.73 Å². The quantitative estimate of drug-likeness (QED) is 0.711. The Hall–Kier alpha value is -0.570. The lowest BCUT2D eigenvalue weighted by molar-refractivity contribution is -0.132. The summed E-state index contributed by atoms with van der Waals surface area (Å²) in [6.07, 6.45) is 4.14. The second kappa shape index (κ2) is 5.22. The molecule has 1 saturated heterocycles. The average Bonchev–Trinajstić information content (AvgIpc) is 2.18. The summed E-state index contributed by atoms with van der Waals surface area (Å²) < 4.78 is 0. The minimum Gasteiger partial charge on any atom is -0.342 e. The molecule has 1 unspecified atom stereocenters. The van der Waals surface area contributed by atoms with Crippen molar-refractivity contribution in [3.63, 3.8) is 0 Å². The molecule has 1 fully saturated rings. The van der Waals surface area contributed by atoms with Gasteiger partial charge in [0.15, 0.2) is 0 Å². The monoisotopic (exact) mass is 184 g/mol. The predicted octanol–water partition coefficient (Wildman–Crippen LogP) is 0.984. The van der Waals surface area contributed by atoms with E-state index in [9.17, 15) is 4.79 Å². The molecular formula is C10H20N2O. The number of amides is 1. The van der Waals surface area contributed by atoms with Crippen molar-refractivity contribution >= 4 is 5.91 Å². The molecule has 0 bridgehead atoms. The first-order valence-electron chi connectivity index (χ1n) is 5.25. The lowest BCUT2D eigenvalue weighted by Crippen LogP contribution is -2.40. The van der Waals surface area contributed by atoms with Gasteiger partial charge in [0.1, 0.15) is 0 Å². The predicted molar refractivity (Wildman–Crippen MR) is 53.3 cm³/mol. The summed E-state index contributed by atoms with van der Waals surface area (Å²) >= 11 is 0. The zero-order chi connectivity index (χ0) is 9.68. The van der Waals surface area contributed by atoms with Crippen LogP contribution in [0.2, 0.25) is 0 Å². The van der Waals surface area contributed by atoms with Crippen molar-refractivity contribution in [1.29, 1.82) is 0 Å². The van der Waals surface area contributed by atoms with E-state index in [2.05, 4.69) is 6.92 Å². The molecule has 1 heterocycles. The largest absolute Gasteiger partial charge is 0.342 e. The van der Waals surface area contributed by atoms with Gasteiger partial charge in [0.2, 0.25) is 5.91 Å². The third-order valence-electron chi connectivity index (χ3n) is 2.81. The molecule has 0 radical (unpaired) electrons. The number of likely N-dealkylation sites (tertiary alicyclic amines) is 1. The van der Waals surface area contributed by atoms with Crippen molar-refractivity contribution in [2.24, 2.45) is 11.7 Å². The van der Waals surface area contributed by atoms with Gasteiger partial charge in [-0.05, 0) is 18.8 Å². The summed E-state index contributed by atoms with van der Waals surface area (Å²) in [5, 5.41) is 0. The molecule has 0 aromatic rings. The van der Waals surface area contributed by atoms with E-state index in [1.54, 1.807) is 0 Å². The van der Waals surface area contributed by atoms with Crippen molar-refractivity contribution < 1.29 is 4.79 Å². The third kappa shape index (κ3) is 2.99. The summed E-state index contributed by atoms with van der Waals surface area (Å²) in [7, 11) is 0. The van der Waals surface area contributed by atoms with Crippen LogP contribution in [0.25, 0.3) is 0 Å². The maximum atomic E-state index is 11.5. The molecule has 76 valence electrons. The van der Waals surface area contributed by atoms with Crippen molar-refractivity contribution in [3.05, 3.63) is 0 Å². The fourth-order valence-electron chi connectivity index (χ4n) is 1.91. The van der Waals surface area contributed by atoms with E-state index >= 15 is 0 Å². The SMILES string of the molecule is CCC1CCCN(C(=O)CCN)C1. The summed E-state index contributed by atoms with van der Waals surface area (Å²) in [5.74, 6) is 0.955. The van der Waals surface area contributed by atoms with Crippen LogP contribution in [0.1, 0.15) is 32.6 Å². The van der Waals surface area contributed by atoms with E-state index < -0.39 is 0 Å². The second-order valence-electron chi connectivity index (χ2n) is 3.79. The van der Waals surface area contributed by atoms with Crippen LogP contribution in [-0.4, -0.2) is 30.4 Å². The molecule has 0 aromatic carbocycles. The van der Waals surface area contributed by atoms with Crippen molar-refractivity contribution in [1.82, 2.24) is 4.90 Å². The highest BCUT2D eigenvalue weighted by atomic mass is 16.2. The van der Waals surface area contributed by atoms with Crippen LogP contribution >= 0.6 is 0 Å². The Bertz CT molecular complexity index is 170. The van der Waals surface area contributed by atoms with Gasteiger partial charge in [0.05, 0.1) is 0 Å². The highest BCUT2D eigenvalue weighted by molar-refractivity contribution is 5.76. The van der Waals surface area contributed by atoms with Crippen LogP contribution < -0.4 is 5.73 Å². The molecule has 0 aromatic heterocycles. The minimum absolute atomic E-state index is 0.237. The number of carbonyl (C=O) groups is 1. The Morgan fingerprint density at radius 2 is 2.38 bits per heavy atom. The van der Waals surface area contributed by atoms with Crippen LogP contribution in [0.4, 0.5) is 0 Å². The maximum Gasteiger partial charge on any atom is 0.223 e. The average molecular weight is 184 g/mol. The minimum atomic E-state index is 0.237. The van der Waals surface area contributed by atoms with Crippen LogP contribution in [0.3, 0.4) is 0 Å². The van der Waals surface area contributed by atoms with Gasteiger partial charge >= 0.3 is 0 Å². The number of hydrogen-bond donors (Lipinski definition) is 1. The summed E-state index contributed by atoms with van der Waals surface area (Å²) in [6.45, 7) is 4.57. The van der Waals surface area contributed by atoms with Crippen LogP contribution in [-0.2, 0) is 4.79 Å². The Balaban J connectivity index is 2.37. The summed E-state index contributed by atoms with van der Waals surface area (Å²) in [5.41, 5.74) is 5.36. The Morgan fingerprint density at radius 3 is 3.00 bits per heavy atom. The molecule has 1 atom stereocenters. The van der Waals surface area contributed by atoms with E-state index in [0.29, 0.717) is 13.0 Å². The fraction of sp³-hybridized carbons (Fsp3) is 0.900. The first kappa shape index (κ1) is 10.5. The molecule has 0 saturated carbocycles. The molecule has 3 nitrogen and oxygen atoms in total. The second-order valence-corrected chi connectivity index (χ2v) is 3.79. The Kier molecular flexibility index (Phi) is 4.22. The zero-order valence-electron chi connectivity index (χ0n) is 8.46. The number of piperidine rings is 1. The number of hydrogen-bond acceptors (Lipinski definition) is 2. The van der Waals surface area contributed by atoms with Gasteiger partial charge < -0.3 is 10.6 Å². The van der Waals surface area contributed by atoms with E-state index in [1.165, 1.54) is 12.8 Å². The topological polar surface area (TPSA) is 46.3 Å². The molecule has 1 aliphatic heterocycles. The molecule has 1 rings (SSSR count). The summed E-state index contributed by atoms with van der Waals surface area (Å²) in [6, 6.07) is 0. The van der Waals surface area contributed by atoms with Gasteiger partial charge in [-0.15, -0.1) is 0 Å². The van der Waals surface area contributed by atoms with E-state index in [0.717, 1.165) is 25.4 Å². The fourth-order valence-corrected chi connectivity index (χ4v) is 1.91. The smallest absolute Gasteiger partial charge is 0.223 e. The number of carbonyl (C=O) groups excluding carboxylic acids is 1. The molecule has 13 heavy (non-hydrogen) atoms. The molecule has 2 N–H and O–H groups in total. The Labute approximate surface area is 80.3 Å². The van der Waals surface area contributed by atoms with Crippen LogP contribution in [0, 0.1) is 5.92 Å². The molecule has 3 heteroatoms. The molecular weight excluding hydrogens is 164 g/mol. The lowest BCUT2D eigenvalue weighted by atomic mass is 9.95. The van der Waals surface area contributed by atoms with E-state index in [1.807, 2.05) is 4.90 Å². The normalized spacial score (nSPS) is 23.2. The van der Waals surface area contributed by atoms with Crippen molar-refractivity contribution in [2.75, 3.05) is 19.6 Å². The molecule has 0 aliphatic carbocycles. The van der Waals surface area contributed by atoms with Crippen LogP contribution in [0.5, 0.6) is 0 Å². The first-order chi connectivity index (χ1) is 6.27. The van der Waals surface area contributed by atoms with Gasteiger partial charge in [-0.3, -0.25) is 4.79 Å². The van der Waals surface area contributed by atoms with E-state index in [-0.39, 0.29) is 5.91 Å². The summed E-state index contributed by atoms with van der Waals surface area (Å²) in [4.78, 5) is 13.5. The van der Waals surface area contributed by atoms with Gasteiger partial charge in [0.25, 0.3) is 0 Å². The zero-order valence-corrected chi connectivity index (χ0v) is 8.46. The number of rotatable bonds is 3. The van der Waals surface area contributed by atoms with Crippen LogP contribution in [0.15, 0.2) is 0 Å². The first-order valence-corrected chi connectivity index (χ1v) is 5.25. The highest BCUT2D eigenvalue weighted by Crippen LogP contribution is 2.19. The number of nitrogens with zero attached hydrogens (tertiary/aromatic N) is 1. The number of nitrogens with two attached hydrogens (primary N) is 1.